The lowest BCUT2D eigenvalue weighted by Crippen LogP contribution is -2.45. The first-order valence-electron chi connectivity index (χ1n) is 8.89. The van der Waals surface area contributed by atoms with Gasteiger partial charge in [0, 0.05) is 25.4 Å². The van der Waals surface area contributed by atoms with Crippen LogP contribution in [0.2, 0.25) is 0 Å². The molecule has 1 amide bonds. The summed E-state index contributed by atoms with van der Waals surface area (Å²) in [5.74, 6) is 1.74. The molecule has 2 aliphatic rings. The molecule has 2 fully saturated rings. The molecule has 140 valence electrons. The van der Waals surface area contributed by atoms with Gasteiger partial charge in [0.15, 0.2) is 15.7 Å². The van der Waals surface area contributed by atoms with Crippen LogP contribution >= 0.6 is 0 Å². The van der Waals surface area contributed by atoms with Crippen LogP contribution in [0.15, 0.2) is 4.52 Å². The highest BCUT2D eigenvalue weighted by Crippen LogP contribution is 2.25. The quantitative estimate of drug-likeness (QED) is 0.744. The summed E-state index contributed by atoms with van der Waals surface area (Å²) in [5.41, 5.74) is 0. The van der Waals surface area contributed by atoms with E-state index in [0.29, 0.717) is 30.4 Å². The molecule has 9 heteroatoms. The van der Waals surface area contributed by atoms with E-state index < -0.39 is 9.84 Å². The topological polar surface area (TPSA) is 96.6 Å². The third-order valence-corrected chi connectivity index (χ3v) is 6.93. The largest absolute Gasteiger partial charge is 0.337 e. The molecular formula is C16H26N4O4S. The summed E-state index contributed by atoms with van der Waals surface area (Å²) in [5, 5.41) is 3.85. The first-order chi connectivity index (χ1) is 11.9. The van der Waals surface area contributed by atoms with Crippen molar-refractivity contribution in [3.63, 3.8) is 0 Å². The monoisotopic (exact) mass is 370 g/mol. The standard InChI is InChI=1S/C16H26N4O4S/c1-3-14-17-15(24-18-14)10-19(2)16(21)12-4-7-20(8-5-12)13-6-9-25(22,23)11-13/h12-13H,3-11H2,1-2H3/t13-/m1/s1. The Morgan fingerprint density at radius 2 is 2.04 bits per heavy atom. The molecule has 0 radical (unpaired) electrons. The van der Waals surface area contributed by atoms with Gasteiger partial charge in [0.2, 0.25) is 11.8 Å². The molecule has 0 saturated carbocycles. The Balaban J connectivity index is 1.49. The number of piperidine rings is 1. The van der Waals surface area contributed by atoms with Gasteiger partial charge in [0.1, 0.15) is 0 Å². The molecule has 0 N–H and O–H groups in total. The van der Waals surface area contributed by atoms with Crippen LogP contribution in [0.3, 0.4) is 0 Å². The predicted molar refractivity (Wildman–Crippen MR) is 91.5 cm³/mol. The molecule has 0 spiro atoms. The first kappa shape index (κ1) is 18.3. The summed E-state index contributed by atoms with van der Waals surface area (Å²) in [7, 11) is -1.11. The zero-order valence-corrected chi connectivity index (χ0v) is 15.7. The molecule has 0 aromatic carbocycles. The second-order valence-electron chi connectivity index (χ2n) is 7.02. The summed E-state index contributed by atoms with van der Waals surface area (Å²) in [6, 6.07) is 0.129. The van der Waals surface area contributed by atoms with Crippen molar-refractivity contribution in [2.45, 2.75) is 45.2 Å². The summed E-state index contributed by atoms with van der Waals surface area (Å²) in [6.45, 7) is 3.84. The number of carbonyl (C=O) groups excluding carboxylic acids is 1. The van der Waals surface area contributed by atoms with Crippen LogP contribution < -0.4 is 0 Å². The number of amides is 1. The molecule has 2 aliphatic heterocycles. The SMILES string of the molecule is CCc1noc(CN(C)C(=O)C2CCN([C@@H]3CCS(=O)(=O)C3)CC2)n1. The second-order valence-corrected chi connectivity index (χ2v) is 9.25. The number of sulfone groups is 1. The number of hydrogen-bond acceptors (Lipinski definition) is 7. The van der Waals surface area contributed by atoms with Crippen LogP contribution in [0.25, 0.3) is 0 Å². The highest BCUT2D eigenvalue weighted by Gasteiger charge is 2.35. The summed E-state index contributed by atoms with van der Waals surface area (Å²) in [6.07, 6.45) is 2.96. The molecule has 1 aromatic heterocycles. The van der Waals surface area contributed by atoms with Crippen LogP contribution in [0.4, 0.5) is 0 Å². The highest BCUT2D eigenvalue weighted by atomic mass is 32.2. The average Bonchev–Trinajstić information content (AvgIpc) is 3.20. The third-order valence-electron chi connectivity index (χ3n) is 5.18. The van der Waals surface area contributed by atoms with Gasteiger partial charge in [-0.1, -0.05) is 12.1 Å². The molecule has 8 nitrogen and oxygen atoms in total. The fraction of sp³-hybridized carbons (Fsp3) is 0.812. The molecule has 3 rings (SSSR count). The van der Waals surface area contributed by atoms with E-state index in [0.717, 1.165) is 32.4 Å². The lowest BCUT2D eigenvalue weighted by molar-refractivity contribution is -0.136. The number of aryl methyl sites for hydroxylation is 1. The maximum absolute atomic E-state index is 12.6. The third kappa shape index (κ3) is 4.38. The number of aromatic nitrogens is 2. The second kappa shape index (κ2) is 7.41. The summed E-state index contributed by atoms with van der Waals surface area (Å²) >= 11 is 0. The van der Waals surface area contributed by atoms with Gasteiger partial charge in [-0.25, -0.2) is 8.42 Å². The molecule has 1 aromatic rings. The van der Waals surface area contributed by atoms with Gasteiger partial charge in [0.05, 0.1) is 18.1 Å². The molecule has 0 aliphatic carbocycles. The molecule has 25 heavy (non-hydrogen) atoms. The molecule has 0 bridgehead atoms. The van der Waals surface area contributed by atoms with E-state index in [1.807, 2.05) is 6.92 Å². The average molecular weight is 370 g/mol. The van der Waals surface area contributed by atoms with Gasteiger partial charge in [-0.15, -0.1) is 0 Å². The Kier molecular flexibility index (Phi) is 5.43. The Labute approximate surface area is 148 Å². The van der Waals surface area contributed by atoms with Crippen molar-refractivity contribution in [3.8, 4) is 0 Å². The minimum absolute atomic E-state index is 0.0205. The zero-order valence-electron chi connectivity index (χ0n) is 14.8. The van der Waals surface area contributed by atoms with Crippen molar-refractivity contribution in [1.82, 2.24) is 19.9 Å². The van der Waals surface area contributed by atoms with Crippen LogP contribution in [-0.2, 0) is 27.6 Å². The number of rotatable bonds is 5. The van der Waals surface area contributed by atoms with E-state index in [1.165, 1.54) is 0 Å². The van der Waals surface area contributed by atoms with E-state index in [2.05, 4.69) is 15.0 Å². The molecule has 0 unspecified atom stereocenters. The minimum atomic E-state index is -2.86. The summed E-state index contributed by atoms with van der Waals surface area (Å²) in [4.78, 5) is 20.8. The normalized spacial score (nSPS) is 24.5. The Hall–Kier alpha value is -1.48. The lowest BCUT2D eigenvalue weighted by atomic mass is 9.94. The number of likely N-dealkylation sites (tertiary alicyclic amines) is 1. The van der Waals surface area contributed by atoms with Crippen LogP contribution in [-0.4, -0.2) is 72.0 Å². The molecular weight excluding hydrogens is 344 g/mol. The van der Waals surface area contributed by atoms with Crippen molar-refractivity contribution in [2.24, 2.45) is 5.92 Å². The Morgan fingerprint density at radius 3 is 2.60 bits per heavy atom. The first-order valence-corrected chi connectivity index (χ1v) is 10.7. The molecule has 1 atom stereocenters. The van der Waals surface area contributed by atoms with Crippen molar-refractivity contribution >= 4 is 15.7 Å². The van der Waals surface area contributed by atoms with E-state index in [4.69, 9.17) is 4.52 Å². The minimum Gasteiger partial charge on any atom is -0.337 e. The van der Waals surface area contributed by atoms with Gasteiger partial charge in [-0.3, -0.25) is 9.69 Å². The number of nitrogens with zero attached hydrogens (tertiary/aromatic N) is 4. The van der Waals surface area contributed by atoms with E-state index in [9.17, 15) is 13.2 Å². The highest BCUT2D eigenvalue weighted by molar-refractivity contribution is 7.91. The van der Waals surface area contributed by atoms with Gasteiger partial charge in [-0.2, -0.15) is 4.98 Å². The number of hydrogen-bond donors (Lipinski definition) is 0. The van der Waals surface area contributed by atoms with Crippen molar-refractivity contribution in [2.75, 3.05) is 31.6 Å². The Bertz CT molecular complexity index is 709. The van der Waals surface area contributed by atoms with Gasteiger partial charge in [-0.05, 0) is 32.4 Å². The zero-order chi connectivity index (χ0) is 18.0. The van der Waals surface area contributed by atoms with E-state index >= 15 is 0 Å². The maximum atomic E-state index is 12.6. The summed E-state index contributed by atoms with van der Waals surface area (Å²) < 4.78 is 28.4. The molecule has 3 heterocycles. The smallest absolute Gasteiger partial charge is 0.246 e. The van der Waals surface area contributed by atoms with E-state index in [1.54, 1.807) is 11.9 Å². The predicted octanol–water partition coefficient (Wildman–Crippen LogP) is 0.490. The van der Waals surface area contributed by atoms with Gasteiger partial charge < -0.3 is 9.42 Å². The lowest BCUT2D eigenvalue weighted by Gasteiger charge is -2.36. The van der Waals surface area contributed by atoms with Crippen molar-refractivity contribution in [3.05, 3.63) is 11.7 Å². The van der Waals surface area contributed by atoms with Crippen LogP contribution in [0.5, 0.6) is 0 Å². The fourth-order valence-electron chi connectivity index (χ4n) is 3.67. The maximum Gasteiger partial charge on any atom is 0.246 e. The van der Waals surface area contributed by atoms with Gasteiger partial charge >= 0.3 is 0 Å². The molecule has 2 saturated heterocycles. The van der Waals surface area contributed by atoms with Gasteiger partial charge in [0.25, 0.3) is 0 Å². The Morgan fingerprint density at radius 1 is 1.32 bits per heavy atom. The van der Waals surface area contributed by atoms with E-state index in [-0.39, 0.29) is 23.6 Å². The van der Waals surface area contributed by atoms with Crippen LogP contribution in [0, 0.1) is 5.92 Å². The van der Waals surface area contributed by atoms with Crippen molar-refractivity contribution in [1.29, 1.82) is 0 Å². The van der Waals surface area contributed by atoms with Crippen molar-refractivity contribution < 1.29 is 17.7 Å². The van der Waals surface area contributed by atoms with Crippen LogP contribution in [0.1, 0.15) is 37.9 Å². The number of carbonyl (C=O) groups is 1. The fourth-order valence-corrected chi connectivity index (χ4v) is 5.43.